The van der Waals surface area contributed by atoms with E-state index in [1.54, 1.807) is 0 Å². The first-order chi connectivity index (χ1) is 8.99. The number of rotatable bonds is 3. The van der Waals surface area contributed by atoms with E-state index < -0.39 is 16.7 Å². The second-order valence-electron chi connectivity index (χ2n) is 3.81. The number of carboxylic acids is 1. The molecule has 0 atom stereocenters. The van der Waals surface area contributed by atoms with Crippen LogP contribution < -0.4 is 0 Å². The van der Waals surface area contributed by atoms with Gasteiger partial charge < -0.3 is 5.11 Å². The lowest BCUT2D eigenvalue weighted by molar-refractivity contribution is -0.384. The highest BCUT2D eigenvalue weighted by Gasteiger charge is 2.13. The summed E-state index contributed by atoms with van der Waals surface area (Å²) >= 11 is 0. The van der Waals surface area contributed by atoms with Crippen LogP contribution in [0.3, 0.4) is 0 Å². The Kier molecular flexibility index (Phi) is 3.24. The van der Waals surface area contributed by atoms with Gasteiger partial charge >= 0.3 is 5.97 Å². The summed E-state index contributed by atoms with van der Waals surface area (Å²) in [4.78, 5) is 20.9. The minimum Gasteiger partial charge on any atom is -0.478 e. The Morgan fingerprint density at radius 2 is 1.95 bits per heavy atom. The maximum atomic E-state index is 13.7. The summed E-state index contributed by atoms with van der Waals surface area (Å²) in [6.45, 7) is 0. The zero-order chi connectivity index (χ0) is 14.0. The Labute approximate surface area is 107 Å². The van der Waals surface area contributed by atoms with E-state index in [2.05, 4.69) is 0 Å². The average molecular weight is 261 g/mol. The molecule has 96 valence electrons. The van der Waals surface area contributed by atoms with Crippen LogP contribution in [-0.4, -0.2) is 16.0 Å². The van der Waals surface area contributed by atoms with Gasteiger partial charge in [-0.15, -0.1) is 0 Å². The molecule has 0 aliphatic heterocycles. The molecule has 0 heterocycles. The number of halogens is 1. The normalized spacial score (nSPS) is 10.2. The molecule has 0 saturated carbocycles. The number of nitro benzene ring substituents is 1. The molecule has 0 aliphatic carbocycles. The summed E-state index contributed by atoms with van der Waals surface area (Å²) in [6, 6.07) is 8.70. The predicted octanol–water partition coefficient (Wildman–Crippen LogP) is 3.10. The van der Waals surface area contributed by atoms with E-state index in [1.165, 1.54) is 24.3 Å². The Morgan fingerprint density at radius 3 is 2.58 bits per heavy atom. The first-order valence-electron chi connectivity index (χ1n) is 5.26. The number of benzene rings is 2. The number of nitrogens with zero attached hydrogens (tertiary/aromatic N) is 1. The highest BCUT2D eigenvalue weighted by Crippen LogP contribution is 2.27. The Hall–Kier alpha value is -2.76. The quantitative estimate of drug-likeness (QED) is 0.680. The highest BCUT2D eigenvalue weighted by atomic mass is 19.1. The monoisotopic (exact) mass is 261 g/mol. The van der Waals surface area contributed by atoms with E-state index in [9.17, 15) is 19.3 Å². The van der Waals surface area contributed by atoms with Crippen molar-refractivity contribution in [3.63, 3.8) is 0 Å². The van der Waals surface area contributed by atoms with Gasteiger partial charge in [-0.1, -0.05) is 12.1 Å². The van der Waals surface area contributed by atoms with Gasteiger partial charge in [0.05, 0.1) is 10.5 Å². The van der Waals surface area contributed by atoms with Crippen LogP contribution in [0.1, 0.15) is 10.4 Å². The number of nitro groups is 1. The van der Waals surface area contributed by atoms with Crippen molar-refractivity contribution < 1.29 is 19.2 Å². The highest BCUT2D eigenvalue weighted by molar-refractivity contribution is 5.89. The van der Waals surface area contributed by atoms with Crippen LogP contribution in [-0.2, 0) is 0 Å². The van der Waals surface area contributed by atoms with Gasteiger partial charge in [0.25, 0.3) is 5.69 Å². The van der Waals surface area contributed by atoms with Gasteiger partial charge in [-0.3, -0.25) is 10.1 Å². The molecule has 0 aromatic heterocycles. The summed E-state index contributed by atoms with van der Waals surface area (Å²) in [7, 11) is 0. The van der Waals surface area contributed by atoms with E-state index >= 15 is 0 Å². The summed E-state index contributed by atoms with van der Waals surface area (Å²) in [5, 5.41) is 19.5. The maximum absolute atomic E-state index is 13.7. The third-order valence-corrected chi connectivity index (χ3v) is 2.58. The topological polar surface area (TPSA) is 80.4 Å². The second kappa shape index (κ2) is 4.85. The molecule has 0 unspecified atom stereocenters. The molecule has 5 nitrogen and oxygen atoms in total. The fourth-order valence-electron chi connectivity index (χ4n) is 1.67. The van der Waals surface area contributed by atoms with Crippen LogP contribution in [0, 0.1) is 15.9 Å². The molecule has 0 spiro atoms. The Bertz CT molecular complexity index is 669. The van der Waals surface area contributed by atoms with Crippen molar-refractivity contribution in [2.24, 2.45) is 0 Å². The van der Waals surface area contributed by atoms with E-state index in [-0.39, 0.29) is 22.4 Å². The molecule has 0 saturated heterocycles. The first kappa shape index (κ1) is 12.7. The van der Waals surface area contributed by atoms with Gasteiger partial charge in [-0.05, 0) is 23.8 Å². The molecular formula is C13H8FNO4. The molecule has 0 fully saturated rings. The number of non-ortho nitro benzene ring substituents is 1. The lowest BCUT2D eigenvalue weighted by atomic mass is 10.0. The van der Waals surface area contributed by atoms with Crippen LogP contribution in [0.2, 0.25) is 0 Å². The first-order valence-corrected chi connectivity index (χ1v) is 5.26. The molecule has 2 rings (SSSR count). The molecule has 6 heteroatoms. The number of hydrogen-bond acceptors (Lipinski definition) is 3. The van der Waals surface area contributed by atoms with Crippen molar-refractivity contribution in [2.45, 2.75) is 0 Å². The minimum absolute atomic E-state index is 0.00250. The van der Waals surface area contributed by atoms with Crippen LogP contribution in [0.5, 0.6) is 0 Å². The smallest absolute Gasteiger partial charge is 0.335 e. The average Bonchev–Trinajstić information content (AvgIpc) is 2.39. The zero-order valence-corrected chi connectivity index (χ0v) is 9.54. The van der Waals surface area contributed by atoms with Gasteiger partial charge in [0.15, 0.2) is 0 Å². The van der Waals surface area contributed by atoms with E-state index in [0.717, 1.165) is 18.2 Å². The standard InChI is InChI=1S/C13H8FNO4/c14-12-5-4-10(15(18)19)7-11(12)8-2-1-3-9(6-8)13(16)17/h1-7H,(H,16,17). The Morgan fingerprint density at radius 1 is 1.21 bits per heavy atom. The lowest BCUT2D eigenvalue weighted by Crippen LogP contribution is -1.97. The number of aromatic carboxylic acids is 1. The molecular weight excluding hydrogens is 253 g/mol. The molecule has 2 aromatic carbocycles. The molecule has 19 heavy (non-hydrogen) atoms. The Balaban J connectivity index is 2.57. The van der Waals surface area contributed by atoms with Crippen molar-refractivity contribution in [1.82, 2.24) is 0 Å². The van der Waals surface area contributed by atoms with Crippen LogP contribution in [0.25, 0.3) is 11.1 Å². The number of hydrogen-bond donors (Lipinski definition) is 1. The van der Waals surface area contributed by atoms with Crippen LogP contribution in [0.4, 0.5) is 10.1 Å². The zero-order valence-electron chi connectivity index (χ0n) is 9.54. The van der Waals surface area contributed by atoms with Crippen LogP contribution >= 0.6 is 0 Å². The number of carbonyl (C=O) groups is 1. The number of carboxylic acid groups (broad SMARTS) is 1. The van der Waals surface area contributed by atoms with Crippen molar-refractivity contribution in [3.05, 3.63) is 64.0 Å². The lowest BCUT2D eigenvalue weighted by Gasteiger charge is -2.04. The SMILES string of the molecule is O=C(O)c1cccc(-c2cc([N+](=O)[O-])ccc2F)c1. The molecule has 2 aromatic rings. The molecule has 0 radical (unpaired) electrons. The van der Waals surface area contributed by atoms with E-state index in [4.69, 9.17) is 5.11 Å². The van der Waals surface area contributed by atoms with Gasteiger partial charge in [0.1, 0.15) is 5.82 Å². The minimum atomic E-state index is -1.15. The summed E-state index contributed by atoms with van der Waals surface area (Å²) in [5.41, 5.74) is 0.0129. The fraction of sp³-hybridized carbons (Fsp3) is 0. The van der Waals surface area contributed by atoms with Crippen molar-refractivity contribution >= 4 is 11.7 Å². The fourth-order valence-corrected chi connectivity index (χ4v) is 1.67. The molecule has 0 aliphatic rings. The van der Waals surface area contributed by atoms with Crippen molar-refractivity contribution in [2.75, 3.05) is 0 Å². The van der Waals surface area contributed by atoms with Crippen molar-refractivity contribution in [3.8, 4) is 11.1 Å². The molecule has 0 bridgehead atoms. The van der Waals surface area contributed by atoms with Crippen LogP contribution in [0.15, 0.2) is 42.5 Å². The van der Waals surface area contributed by atoms with Gasteiger partial charge in [-0.25, -0.2) is 9.18 Å². The summed E-state index contributed by atoms with van der Waals surface area (Å²) < 4.78 is 13.7. The molecule has 1 N–H and O–H groups in total. The molecule has 0 amide bonds. The second-order valence-corrected chi connectivity index (χ2v) is 3.81. The largest absolute Gasteiger partial charge is 0.478 e. The summed E-state index contributed by atoms with van der Waals surface area (Å²) in [5.74, 6) is -1.79. The predicted molar refractivity (Wildman–Crippen MR) is 65.4 cm³/mol. The maximum Gasteiger partial charge on any atom is 0.335 e. The third kappa shape index (κ3) is 2.57. The van der Waals surface area contributed by atoms with Gasteiger partial charge in [0.2, 0.25) is 0 Å². The van der Waals surface area contributed by atoms with E-state index in [0.29, 0.717) is 0 Å². The van der Waals surface area contributed by atoms with Gasteiger partial charge in [-0.2, -0.15) is 0 Å². The van der Waals surface area contributed by atoms with Crippen molar-refractivity contribution in [1.29, 1.82) is 0 Å². The van der Waals surface area contributed by atoms with Gasteiger partial charge in [0, 0.05) is 17.7 Å². The van der Waals surface area contributed by atoms with E-state index in [1.807, 2.05) is 0 Å². The third-order valence-electron chi connectivity index (χ3n) is 2.58. The summed E-state index contributed by atoms with van der Waals surface area (Å²) in [6.07, 6.45) is 0.